The van der Waals surface area contributed by atoms with E-state index in [1.54, 1.807) is 0 Å². The standard InChI is InChI=1S/C43H74N2O32/c1-11-22(55)28(61)31(64)38(69-11)75-36-30(63)26(59)19(8-48)71-40(36)74-35-27(60)20(9-49)72-41(37(35)76-39-32(65)29(62)23(56)12(2)70-39)73-33(15(6-46)44-13(3)50)25(58)18(54)10-68-43(42(66)67)5-16(52)21(45-14(4)51)34(77-43)24(57)17(53)7-47/h11-12,15-41,46-49,52-65H,5-10H2,1-4H3,(H,44,50)(H,45,51)(H,66,67)/t11-,12-,15-,16-,17+,18+,19+,20+,21+,22+,23+,24+,25-,26-,27-,28+,29+,30-,31-,32-,33+,34+,35-,36+,37+,38-,39-,40-,41-,43+/m0/s1. The SMILES string of the molecule is CC(=O)N[C@H]1[C@H]([C@H](O)[C@H](O)CO)O[C@@](OC[C@@H](O)[C@H](O)[C@H](O[C@@H]2O[C@H](CO)[C@H](O)[C@H](O[C@@H]3O[C@H](CO)[C@H](O)[C@H](O)[C@H]3O[C@@H]3O[C@@H](C)[C@@H](O)[C@@H](O)[C@@H]3O)[C@H]2O[C@@H]2O[C@@H](C)[C@@H](O)[C@@H](O)[C@@H]2O)[C@H](CO)NC(C)=O)(C(=O)O)C[C@@H]1O. The molecule has 0 unspecified atom stereocenters. The number of aliphatic hydroxyl groups is 18. The molecule has 2 amide bonds. The number of carboxylic acid groups (broad SMARTS) is 1. The molecule has 30 atom stereocenters. The molecule has 34 heteroatoms. The summed E-state index contributed by atoms with van der Waals surface area (Å²) in [5, 5.41) is 209. The number of hydrogen-bond acceptors (Lipinski definition) is 31. The van der Waals surface area contributed by atoms with Crippen molar-refractivity contribution in [2.45, 2.75) is 218 Å². The number of carbonyl (C=O) groups is 3. The van der Waals surface area contributed by atoms with Crippen LogP contribution in [0.5, 0.6) is 0 Å². The molecule has 34 nitrogen and oxygen atoms in total. The van der Waals surface area contributed by atoms with E-state index in [-0.39, 0.29) is 0 Å². The summed E-state index contributed by atoms with van der Waals surface area (Å²) >= 11 is 0. The zero-order valence-electron chi connectivity index (χ0n) is 41.8. The minimum atomic E-state index is -3.10. The Balaban J connectivity index is 1.55. The second-order valence-electron chi connectivity index (χ2n) is 19.4. The van der Waals surface area contributed by atoms with E-state index in [4.69, 9.17) is 47.4 Å². The van der Waals surface area contributed by atoms with Crippen molar-refractivity contribution in [1.82, 2.24) is 10.6 Å². The van der Waals surface area contributed by atoms with Gasteiger partial charge in [-0.1, -0.05) is 0 Å². The molecule has 0 radical (unpaired) electrons. The minimum absolute atomic E-state index is 0.821. The van der Waals surface area contributed by atoms with Crippen molar-refractivity contribution in [3.05, 3.63) is 0 Å². The lowest BCUT2D eigenvalue weighted by molar-refractivity contribution is -0.407. The zero-order valence-corrected chi connectivity index (χ0v) is 41.8. The number of aliphatic carboxylic acids is 1. The lowest BCUT2D eigenvalue weighted by atomic mass is 9.88. The Labute approximate surface area is 437 Å². The average molecular weight is 1130 g/mol. The Hall–Kier alpha value is -2.71. The van der Waals surface area contributed by atoms with Crippen LogP contribution in [-0.2, 0) is 61.8 Å². The van der Waals surface area contributed by atoms with Crippen LogP contribution in [0.15, 0.2) is 0 Å². The fourth-order valence-electron chi connectivity index (χ4n) is 9.35. The highest BCUT2D eigenvalue weighted by Crippen LogP contribution is 2.38. The molecule has 0 bridgehead atoms. The number of ether oxygens (including phenoxy) is 10. The summed E-state index contributed by atoms with van der Waals surface area (Å²) in [6.45, 7) is -1.46. The van der Waals surface area contributed by atoms with Gasteiger partial charge in [0.05, 0.1) is 63.4 Å². The molecule has 0 aromatic rings. The molecule has 5 fully saturated rings. The fraction of sp³-hybridized carbons (Fsp3) is 0.930. The predicted molar refractivity (Wildman–Crippen MR) is 239 cm³/mol. The van der Waals surface area contributed by atoms with Crippen molar-refractivity contribution in [2.75, 3.05) is 33.0 Å². The largest absolute Gasteiger partial charge is 0.477 e. The Morgan fingerprint density at radius 3 is 1.61 bits per heavy atom. The number of aliphatic hydroxyl groups excluding tert-OH is 18. The van der Waals surface area contributed by atoms with Crippen molar-refractivity contribution >= 4 is 17.8 Å². The molecular weight excluding hydrogens is 1060 g/mol. The highest BCUT2D eigenvalue weighted by Gasteiger charge is 2.59. The van der Waals surface area contributed by atoms with Crippen LogP contribution in [0.1, 0.15) is 34.1 Å². The third kappa shape index (κ3) is 14.7. The maximum atomic E-state index is 12.9. The van der Waals surface area contributed by atoms with Gasteiger partial charge in [0.25, 0.3) is 5.79 Å². The van der Waals surface area contributed by atoms with Crippen molar-refractivity contribution in [2.24, 2.45) is 0 Å². The monoisotopic (exact) mass is 1130 g/mol. The van der Waals surface area contributed by atoms with Crippen molar-refractivity contribution < 1.29 is 159 Å². The van der Waals surface area contributed by atoms with Crippen molar-refractivity contribution in [3.63, 3.8) is 0 Å². The summed E-state index contributed by atoms with van der Waals surface area (Å²) in [5.74, 6) is -6.89. The molecule has 5 aliphatic rings. The molecule has 5 saturated heterocycles. The van der Waals surface area contributed by atoms with Crippen LogP contribution in [0.2, 0.25) is 0 Å². The first-order chi connectivity index (χ1) is 36.1. The van der Waals surface area contributed by atoms with Gasteiger partial charge in [0.2, 0.25) is 11.8 Å². The van der Waals surface area contributed by atoms with E-state index in [1.807, 2.05) is 0 Å². The van der Waals surface area contributed by atoms with Gasteiger partial charge in [0, 0.05) is 20.3 Å². The summed E-state index contributed by atoms with van der Waals surface area (Å²) in [4.78, 5) is 37.4. The van der Waals surface area contributed by atoms with Gasteiger partial charge in [-0.15, -0.1) is 0 Å². The molecule has 5 rings (SSSR count). The molecule has 0 aromatic heterocycles. The molecule has 0 aliphatic carbocycles. The number of amides is 2. The Kier molecular flexibility index (Phi) is 23.5. The molecule has 0 spiro atoms. The first kappa shape index (κ1) is 65.1. The second kappa shape index (κ2) is 27.8. The zero-order chi connectivity index (χ0) is 57.7. The van der Waals surface area contributed by atoms with Crippen LogP contribution in [0, 0.1) is 0 Å². The van der Waals surface area contributed by atoms with E-state index in [0.717, 1.165) is 13.8 Å². The van der Waals surface area contributed by atoms with Gasteiger partial charge in [-0.25, -0.2) is 4.79 Å². The van der Waals surface area contributed by atoms with Gasteiger partial charge >= 0.3 is 5.97 Å². The number of hydrogen-bond donors (Lipinski definition) is 21. The number of nitrogens with one attached hydrogen (secondary N) is 2. The van der Waals surface area contributed by atoms with Crippen LogP contribution in [0.25, 0.3) is 0 Å². The molecule has 0 aromatic carbocycles. The molecule has 5 aliphatic heterocycles. The number of carboxylic acids is 1. The van der Waals surface area contributed by atoms with Gasteiger partial charge in [-0.05, 0) is 13.8 Å². The van der Waals surface area contributed by atoms with E-state index in [1.165, 1.54) is 13.8 Å². The van der Waals surface area contributed by atoms with Crippen LogP contribution in [0.3, 0.4) is 0 Å². The molecule has 448 valence electrons. The topological polar surface area (TPSA) is 552 Å². The van der Waals surface area contributed by atoms with E-state index < -0.39 is 241 Å². The lowest BCUT2D eigenvalue weighted by Gasteiger charge is -2.50. The number of carbonyl (C=O) groups excluding carboxylic acids is 2. The number of rotatable bonds is 23. The molecule has 77 heavy (non-hydrogen) atoms. The molecule has 21 N–H and O–H groups in total. The van der Waals surface area contributed by atoms with Gasteiger partial charge in [-0.2, -0.15) is 0 Å². The smallest absolute Gasteiger partial charge is 0.364 e. The summed E-state index contributed by atoms with van der Waals surface area (Å²) in [5.41, 5.74) is 0. The minimum Gasteiger partial charge on any atom is -0.477 e. The summed E-state index contributed by atoms with van der Waals surface area (Å²) in [6, 6.07) is -3.51. The molecule has 5 heterocycles. The highest BCUT2D eigenvalue weighted by atomic mass is 16.8. The van der Waals surface area contributed by atoms with Gasteiger partial charge in [0.15, 0.2) is 25.2 Å². The van der Waals surface area contributed by atoms with E-state index >= 15 is 0 Å². The first-order valence-corrected chi connectivity index (χ1v) is 24.4. The average Bonchev–Trinajstić information content (AvgIpc) is 3.39. The lowest BCUT2D eigenvalue weighted by Crippen LogP contribution is -2.69. The maximum Gasteiger partial charge on any atom is 0.364 e. The summed E-state index contributed by atoms with van der Waals surface area (Å²) in [7, 11) is 0. The van der Waals surface area contributed by atoms with E-state index in [0.29, 0.717) is 0 Å². The van der Waals surface area contributed by atoms with Gasteiger partial charge in [-0.3, -0.25) is 9.59 Å². The molecule has 0 saturated carbocycles. The summed E-state index contributed by atoms with van der Waals surface area (Å²) in [6.07, 6.45) is -56.0. The van der Waals surface area contributed by atoms with E-state index in [2.05, 4.69) is 10.6 Å². The highest BCUT2D eigenvalue weighted by molar-refractivity contribution is 5.76. The van der Waals surface area contributed by atoms with E-state index in [9.17, 15) is 111 Å². The van der Waals surface area contributed by atoms with Crippen molar-refractivity contribution in [3.8, 4) is 0 Å². The quantitative estimate of drug-likeness (QED) is 0.0452. The maximum absolute atomic E-state index is 12.9. The van der Waals surface area contributed by atoms with Crippen LogP contribution in [-0.4, -0.2) is 331 Å². The Morgan fingerprint density at radius 1 is 0.597 bits per heavy atom. The normalized spacial score (nSPS) is 44.3. The molecular formula is C43H74N2O32. The fourth-order valence-corrected chi connectivity index (χ4v) is 9.35. The van der Waals surface area contributed by atoms with Crippen molar-refractivity contribution in [1.29, 1.82) is 0 Å². The Bertz CT molecular complexity index is 1880. The van der Waals surface area contributed by atoms with Gasteiger partial charge < -0.3 is 155 Å². The van der Waals surface area contributed by atoms with Gasteiger partial charge in [0.1, 0.15) is 122 Å². The third-order valence-electron chi connectivity index (χ3n) is 13.8. The second-order valence-corrected chi connectivity index (χ2v) is 19.4. The first-order valence-electron chi connectivity index (χ1n) is 24.4. The predicted octanol–water partition coefficient (Wildman–Crippen LogP) is -12.9. The van der Waals surface area contributed by atoms with Crippen LogP contribution < -0.4 is 10.6 Å². The van der Waals surface area contributed by atoms with Crippen LogP contribution in [0.4, 0.5) is 0 Å². The summed E-state index contributed by atoms with van der Waals surface area (Å²) < 4.78 is 57.9. The van der Waals surface area contributed by atoms with Crippen LogP contribution >= 0.6 is 0 Å². The Morgan fingerprint density at radius 2 is 1.12 bits per heavy atom. The third-order valence-corrected chi connectivity index (χ3v) is 13.8.